The van der Waals surface area contributed by atoms with Crippen LogP contribution in [0.2, 0.25) is 0 Å². The molecule has 1 aromatic heterocycles. The predicted molar refractivity (Wildman–Crippen MR) is 63.0 cm³/mol. The van der Waals surface area contributed by atoms with E-state index in [9.17, 15) is 0 Å². The van der Waals surface area contributed by atoms with Gasteiger partial charge in [0.2, 0.25) is 0 Å². The van der Waals surface area contributed by atoms with Gasteiger partial charge >= 0.3 is 0 Å². The summed E-state index contributed by atoms with van der Waals surface area (Å²) >= 11 is 0. The number of nitrogens with one attached hydrogen (secondary N) is 1. The van der Waals surface area contributed by atoms with Gasteiger partial charge in [-0.05, 0) is 25.1 Å². The topological polar surface area (TPSA) is 55.9 Å². The van der Waals surface area contributed by atoms with E-state index in [1.807, 2.05) is 14.0 Å². The lowest BCUT2D eigenvalue weighted by molar-refractivity contribution is 0.886. The van der Waals surface area contributed by atoms with Crippen molar-refractivity contribution >= 4 is 16.7 Å². The van der Waals surface area contributed by atoms with E-state index < -0.39 is 0 Å². The van der Waals surface area contributed by atoms with Crippen molar-refractivity contribution in [3.8, 4) is 0 Å². The first kappa shape index (κ1) is 9.98. The molecule has 0 unspecified atom stereocenters. The SMILES string of the molecule is Cc1nc2cc(NCCN)ccc2n1C. The summed E-state index contributed by atoms with van der Waals surface area (Å²) in [5, 5.41) is 3.24. The number of hydrogen-bond acceptors (Lipinski definition) is 3. The number of fused-ring (bicyclic) bond motifs is 1. The van der Waals surface area contributed by atoms with Gasteiger partial charge < -0.3 is 15.6 Å². The smallest absolute Gasteiger partial charge is 0.106 e. The molecular weight excluding hydrogens is 188 g/mol. The number of aromatic nitrogens is 2. The zero-order valence-electron chi connectivity index (χ0n) is 9.12. The second-order valence-corrected chi connectivity index (χ2v) is 3.64. The molecule has 0 amide bonds. The highest BCUT2D eigenvalue weighted by molar-refractivity contribution is 5.80. The first-order valence-corrected chi connectivity index (χ1v) is 5.09. The third kappa shape index (κ3) is 1.80. The van der Waals surface area contributed by atoms with Crippen molar-refractivity contribution in [2.45, 2.75) is 6.92 Å². The molecule has 3 N–H and O–H groups in total. The fraction of sp³-hybridized carbons (Fsp3) is 0.364. The first-order chi connectivity index (χ1) is 7.22. The van der Waals surface area contributed by atoms with Crippen molar-refractivity contribution in [3.05, 3.63) is 24.0 Å². The first-order valence-electron chi connectivity index (χ1n) is 5.09. The van der Waals surface area contributed by atoms with Crippen LogP contribution < -0.4 is 11.1 Å². The van der Waals surface area contributed by atoms with E-state index in [0.29, 0.717) is 6.54 Å². The number of anilines is 1. The molecule has 2 rings (SSSR count). The standard InChI is InChI=1S/C11H16N4/c1-8-14-10-7-9(13-6-5-12)3-4-11(10)15(8)2/h3-4,7,13H,5-6,12H2,1-2H3. The minimum absolute atomic E-state index is 0.638. The molecule has 1 aromatic carbocycles. The summed E-state index contributed by atoms with van der Waals surface area (Å²) in [7, 11) is 2.03. The number of nitrogens with zero attached hydrogens (tertiary/aromatic N) is 2. The van der Waals surface area contributed by atoms with Crippen LogP contribution in [0.15, 0.2) is 18.2 Å². The molecule has 0 spiro atoms. The molecule has 1 heterocycles. The lowest BCUT2D eigenvalue weighted by Crippen LogP contribution is -2.12. The quantitative estimate of drug-likeness (QED) is 0.791. The van der Waals surface area contributed by atoms with Crippen LogP contribution in [-0.2, 0) is 7.05 Å². The molecular formula is C11H16N4. The Morgan fingerprint density at radius 2 is 2.27 bits per heavy atom. The van der Waals surface area contributed by atoms with Gasteiger partial charge in [-0.25, -0.2) is 4.98 Å². The van der Waals surface area contributed by atoms with E-state index in [0.717, 1.165) is 29.1 Å². The number of aryl methyl sites for hydroxylation is 2. The third-order valence-corrected chi connectivity index (χ3v) is 2.58. The number of nitrogens with two attached hydrogens (primary N) is 1. The number of hydrogen-bond donors (Lipinski definition) is 2. The summed E-state index contributed by atoms with van der Waals surface area (Å²) in [4.78, 5) is 4.47. The van der Waals surface area contributed by atoms with Crippen molar-refractivity contribution in [2.24, 2.45) is 12.8 Å². The minimum Gasteiger partial charge on any atom is -0.384 e. The highest BCUT2D eigenvalue weighted by Gasteiger charge is 2.03. The molecule has 0 bridgehead atoms. The van der Waals surface area contributed by atoms with E-state index in [1.54, 1.807) is 0 Å². The zero-order chi connectivity index (χ0) is 10.8. The van der Waals surface area contributed by atoms with Crippen LogP contribution >= 0.6 is 0 Å². The molecule has 0 saturated carbocycles. The Bertz CT molecular complexity index is 473. The second-order valence-electron chi connectivity index (χ2n) is 3.64. The summed E-state index contributed by atoms with van der Waals surface area (Å²) in [6.45, 7) is 3.43. The predicted octanol–water partition coefficient (Wildman–Crippen LogP) is 1.25. The van der Waals surface area contributed by atoms with E-state index in [4.69, 9.17) is 5.73 Å². The third-order valence-electron chi connectivity index (χ3n) is 2.58. The fourth-order valence-corrected chi connectivity index (χ4v) is 1.65. The van der Waals surface area contributed by atoms with Crippen LogP contribution in [-0.4, -0.2) is 22.6 Å². The van der Waals surface area contributed by atoms with Crippen molar-refractivity contribution < 1.29 is 0 Å². The van der Waals surface area contributed by atoms with Crippen molar-refractivity contribution in [2.75, 3.05) is 18.4 Å². The molecule has 15 heavy (non-hydrogen) atoms. The maximum Gasteiger partial charge on any atom is 0.106 e. The van der Waals surface area contributed by atoms with Gasteiger partial charge in [0.15, 0.2) is 0 Å². The number of rotatable bonds is 3. The molecule has 0 saturated heterocycles. The van der Waals surface area contributed by atoms with Crippen LogP contribution in [0.5, 0.6) is 0 Å². The summed E-state index contributed by atoms with van der Waals surface area (Å²) in [6, 6.07) is 6.19. The molecule has 0 atom stereocenters. The highest BCUT2D eigenvalue weighted by Crippen LogP contribution is 2.18. The van der Waals surface area contributed by atoms with Gasteiger partial charge in [-0.2, -0.15) is 0 Å². The maximum atomic E-state index is 5.43. The Balaban J connectivity index is 2.39. The van der Waals surface area contributed by atoms with Crippen LogP contribution in [0.3, 0.4) is 0 Å². The number of benzene rings is 1. The van der Waals surface area contributed by atoms with Crippen molar-refractivity contribution in [3.63, 3.8) is 0 Å². The molecule has 80 valence electrons. The van der Waals surface area contributed by atoms with Crippen LogP contribution in [0.25, 0.3) is 11.0 Å². The largest absolute Gasteiger partial charge is 0.384 e. The number of imidazole rings is 1. The molecule has 0 aliphatic heterocycles. The van der Waals surface area contributed by atoms with Crippen molar-refractivity contribution in [1.82, 2.24) is 9.55 Å². The van der Waals surface area contributed by atoms with E-state index in [1.165, 1.54) is 0 Å². The van der Waals surface area contributed by atoms with Crippen LogP contribution in [0, 0.1) is 6.92 Å². The zero-order valence-corrected chi connectivity index (χ0v) is 9.12. The minimum atomic E-state index is 0.638. The lowest BCUT2D eigenvalue weighted by Gasteiger charge is -2.04. The lowest BCUT2D eigenvalue weighted by atomic mass is 10.2. The van der Waals surface area contributed by atoms with E-state index in [2.05, 4.69) is 33.1 Å². The summed E-state index contributed by atoms with van der Waals surface area (Å²) in [6.07, 6.45) is 0. The average molecular weight is 204 g/mol. The summed E-state index contributed by atoms with van der Waals surface area (Å²) < 4.78 is 2.09. The van der Waals surface area contributed by atoms with Gasteiger partial charge in [0.05, 0.1) is 11.0 Å². The molecule has 0 aliphatic rings. The second kappa shape index (κ2) is 3.90. The van der Waals surface area contributed by atoms with Crippen LogP contribution in [0.4, 0.5) is 5.69 Å². The van der Waals surface area contributed by atoms with Gasteiger partial charge in [-0.3, -0.25) is 0 Å². The Labute approximate surface area is 89.1 Å². The maximum absolute atomic E-state index is 5.43. The van der Waals surface area contributed by atoms with Crippen molar-refractivity contribution in [1.29, 1.82) is 0 Å². The average Bonchev–Trinajstić information content (AvgIpc) is 2.52. The van der Waals surface area contributed by atoms with Gasteiger partial charge in [0.1, 0.15) is 5.82 Å². The van der Waals surface area contributed by atoms with Gasteiger partial charge in [0.25, 0.3) is 0 Å². The summed E-state index contributed by atoms with van der Waals surface area (Å²) in [5.41, 5.74) is 8.69. The normalized spacial score (nSPS) is 10.9. The monoisotopic (exact) mass is 204 g/mol. The Morgan fingerprint density at radius 3 is 3.00 bits per heavy atom. The highest BCUT2D eigenvalue weighted by atomic mass is 15.0. The summed E-state index contributed by atoms with van der Waals surface area (Å²) in [5.74, 6) is 1.03. The Morgan fingerprint density at radius 1 is 1.47 bits per heavy atom. The molecule has 0 aliphatic carbocycles. The molecule has 4 heteroatoms. The molecule has 0 fully saturated rings. The Kier molecular flexibility index (Phi) is 2.60. The molecule has 0 radical (unpaired) electrons. The molecule has 4 nitrogen and oxygen atoms in total. The van der Waals surface area contributed by atoms with Gasteiger partial charge in [-0.15, -0.1) is 0 Å². The van der Waals surface area contributed by atoms with E-state index >= 15 is 0 Å². The Hall–Kier alpha value is -1.55. The fourth-order valence-electron chi connectivity index (χ4n) is 1.65. The van der Waals surface area contributed by atoms with E-state index in [-0.39, 0.29) is 0 Å². The van der Waals surface area contributed by atoms with Crippen LogP contribution in [0.1, 0.15) is 5.82 Å². The van der Waals surface area contributed by atoms with Gasteiger partial charge in [0, 0.05) is 25.8 Å². The van der Waals surface area contributed by atoms with Gasteiger partial charge in [-0.1, -0.05) is 0 Å². The molecule has 2 aromatic rings.